The summed E-state index contributed by atoms with van der Waals surface area (Å²) in [4.78, 5) is 12.2. The summed E-state index contributed by atoms with van der Waals surface area (Å²) in [5.41, 5.74) is 0.742. The van der Waals surface area contributed by atoms with E-state index in [1.54, 1.807) is 18.2 Å². The molecule has 3 aromatic rings. The second-order valence-electron chi connectivity index (χ2n) is 5.83. The Bertz CT molecular complexity index is 907. The molecular formula is C21H16F3NO2. The summed E-state index contributed by atoms with van der Waals surface area (Å²) in [6.45, 7) is 0.327. The summed E-state index contributed by atoms with van der Waals surface area (Å²) in [5, 5.41) is 2.68. The highest BCUT2D eigenvalue weighted by atomic mass is 19.4. The molecule has 1 amide bonds. The summed E-state index contributed by atoms with van der Waals surface area (Å²) in [5.74, 6) is 0.251. The van der Waals surface area contributed by atoms with Gasteiger partial charge in [0.1, 0.15) is 12.4 Å². The maximum atomic E-state index is 12.6. The van der Waals surface area contributed by atoms with Crippen molar-refractivity contribution >= 4 is 11.6 Å². The van der Waals surface area contributed by atoms with Gasteiger partial charge < -0.3 is 10.1 Å². The van der Waals surface area contributed by atoms with Crippen LogP contribution in [0.4, 0.5) is 18.9 Å². The van der Waals surface area contributed by atoms with E-state index in [1.165, 1.54) is 0 Å². The van der Waals surface area contributed by atoms with Crippen LogP contribution in [0.25, 0.3) is 0 Å². The summed E-state index contributed by atoms with van der Waals surface area (Å²) in [6, 6.07) is 20.5. The second-order valence-corrected chi connectivity index (χ2v) is 5.83. The van der Waals surface area contributed by atoms with Crippen molar-refractivity contribution < 1.29 is 22.7 Å². The zero-order valence-corrected chi connectivity index (χ0v) is 14.2. The average Bonchev–Trinajstić information content (AvgIpc) is 2.67. The van der Waals surface area contributed by atoms with Crippen LogP contribution >= 0.6 is 0 Å². The number of ether oxygens (including phenoxy) is 1. The van der Waals surface area contributed by atoms with Crippen LogP contribution in [-0.4, -0.2) is 5.91 Å². The number of nitrogens with one attached hydrogen (secondary N) is 1. The summed E-state index contributed by atoms with van der Waals surface area (Å²) in [6.07, 6.45) is -4.43. The Balaban J connectivity index is 1.64. The van der Waals surface area contributed by atoms with Gasteiger partial charge in [0.25, 0.3) is 5.91 Å². The maximum absolute atomic E-state index is 12.6. The fourth-order valence-corrected chi connectivity index (χ4v) is 2.44. The summed E-state index contributed by atoms with van der Waals surface area (Å²) < 4.78 is 43.4. The Hall–Kier alpha value is -3.28. The number of carbonyl (C=O) groups is 1. The molecule has 0 spiro atoms. The number of para-hydroxylation sites is 1. The highest BCUT2D eigenvalue weighted by molar-refractivity contribution is 6.04. The maximum Gasteiger partial charge on any atom is 0.416 e. The van der Waals surface area contributed by atoms with Crippen LogP contribution in [0, 0.1) is 0 Å². The largest absolute Gasteiger partial charge is 0.489 e. The van der Waals surface area contributed by atoms with E-state index in [9.17, 15) is 18.0 Å². The second kappa shape index (κ2) is 7.95. The number of halogens is 3. The minimum Gasteiger partial charge on any atom is -0.489 e. The number of hydrogen-bond acceptors (Lipinski definition) is 2. The minimum absolute atomic E-state index is 0.147. The lowest BCUT2D eigenvalue weighted by Gasteiger charge is -2.10. The first-order valence-corrected chi connectivity index (χ1v) is 8.17. The number of hydrogen-bond donors (Lipinski definition) is 1. The Morgan fingerprint density at radius 3 is 2.26 bits per heavy atom. The summed E-state index contributed by atoms with van der Waals surface area (Å²) >= 11 is 0. The van der Waals surface area contributed by atoms with E-state index >= 15 is 0 Å². The van der Waals surface area contributed by atoms with E-state index < -0.39 is 17.6 Å². The van der Waals surface area contributed by atoms with Crippen LogP contribution in [0.3, 0.4) is 0 Å². The molecule has 3 nitrogen and oxygen atoms in total. The van der Waals surface area contributed by atoms with Crippen molar-refractivity contribution in [1.82, 2.24) is 0 Å². The van der Waals surface area contributed by atoms with Gasteiger partial charge in [-0.15, -0.1) is 0 Å². The number of rotatable bonds is 5. The van der Waals surface area contributed by atoms with Crippen molar-refractivity contribution in [3.63, 3.8) is 0 Å². The monoisotopic (exact) mass is 371 g/mol. The third-order valence-corrected chi connectivity index (χ3v) is 3.81. The molecule has 27 heavy (non-hydrogen) atoms. The first kappa shape index (κ1) is 18.5. The summed E-state index contributed by atoms with van der Waals surface area (Å²) in [7, 11) is 0. The Labute approximate surface area is 154 Å². The molecule has 0 saturated heterocycles. The smallest absolute Gasteiger partial charge is 0.416 e. The first-order valence-electron chi connectivity index (χ1n) is 8.17. The number of amides is 1. The van der Waals surface area contributed by atoms with Crippen LogP contribution in [0.1, 0.15) is 21.5 Å². The molecule has 0 aliphatic carbocycles. The first-order chi connectivity index (χ1) is 12.9. The van der Waals surface area contributed by atoms with Gasteiger partial charge in [-0.25, -0.2) is 0 Å². The van der Waals surface area contributed by atoms with Gasteiger partial charge in [-0.3, -0.25) is 4.79 Å². The molecule has 138 valence electrons. The van der Waals surface area contributed by atoms with Gasteiger partial charge in [0, 0.05) is 11.3 Å². The molecule has 0 fully saturated rings. The minimum atomic E-state index is -4.43. The predicted molar refractivity (Wildman–Crippen MR) is 96.6 cm³/mol. The number of benzene rings is 3. The van der Waals surface area contributed by atoms with Crippen molar-refractivity contribution in [3.8, 4) is 5.75 Å². The Morgan fingerprint density at radius 1 is 0.889 bits per heavy atom. The molecule has 0 atom stereocenters. The molecule has 0 bridgehead atoms. The standard InChI is InChI=1S/C21H16F3NO2/c22-21(23,24)17-11-9-16(10-12-17)20(26)25-18-6-4-5-15(13-18)14-27-19-7-2-1-3-8-19/h1-13H,14H2,(H,25,26). The van der Waals surface area contributed by atoms with Gasteiger partial charge in [-0.05, 0) is 54.1 Å². The highest BCUT2D eigenvalue weighted by Crippen LogP contribution is 2.29. The van der Waals surface area contributed by atoms with Gasteiger partial charge in [-0.1, -0.05) is 30.3 Å². The van der Waals surface area contributed by atoms with Crippen molar-refractivity contribution in [1.29, 1.82) is 0 Å². The molecular weight excluding hydrogens is 355 g/mol. The zero-order chi connectivity index (χ0) is 19.3. The fourth-order valence-electron chi connectivity index (χ4n) is 2.44. The van der Waals surface area contributed by atoms with Crippen LogP contribution < -0.4 is 10.1 Å². The van der Waals surface area contributed by atoms with Gasteiger partial charge in [-0.2, -0.15) is 13.2 Å². The van der Waals surface area contributed by atoms with Crippen molar-refractivity contribution in [2.45, 2.75) is 12.8 Å². The fraction of sp³-hybridized carbons (Fsp3) is 0.0952. The van der Waals surface area contributed by atoms with E-state index in [0.717, 1.165) is 35.6 Å². The van der Waals surface area contributed by atoms with Crippen molar-refractivity contribution in [2.75, 3.05) is 5.32 Å². The van der Waals surface area contributed by atoms with Gasteiger partial charge >= 0.3 is 6.18 Å². The molecule has 1 N–H and O–H groups in total. The third-order valence-electron chi connectivity index (χ3n) is 3.81. The molecule has 0 aliphatic heterocycles. The normalized spacial score (nSPS) is 11.1. The molecule has 0 heterocycles. The highest BCUT2D eigenvalue weighted by Gasteiger charge is 2.30. The number of carbonyl (C=O) groups excluding carboxylic acids is 1. The molecule has 3 rings (SSSR count). The molecule has 0 saturated carbocycles. The molecule has 6 heteroatoms. The molecule has 3 aromatic carbocycles. The van der Waals surface area contributed by atoms with E-state index in [4.69, 9.17) is 4.74 Å². The zero-order valence-electron chi connectivity index (χ0n) is 14.2. The lowest BCUT2D eigenvalue weighted by Crippen LogP contribution is -2.13. The van der Waals surface area contributed by atoms with Crippen LogP contribution in [0.15, 0.2) is 78.9 Å². The van der Waals surface area contributed by atoms with Gasteiger partial charge in [0.15, 0.2) is 0 Å². The SMILES string of the molecule is O=C(Nc1cccc(COc2ccccc2)c1)c1ccc(C(F)(F)F)cc1. The molecule has 0 aromatic heterocycles. The van der Waals surface area contributed by atoms with E-state index in [2.05, 4.69) is 5.32 Å². The van der Waals surface area contributed by atoms with Crippen molar-refractivity contribution in [3.05, 3.63) is 95.6 Å². The third kappa shape index (κ3) is 5.10. The van der Waals surface area contributed by atoms with Crippen LogP contribution in [-0.2, 0) is 12.8 Å². The predicted octanol–water partition coefficient (Wildman–Crippen LogP) is 5.54. The van der Waals surface area contributed by atoms with Crippen LogP contribution in [0.2, 0.25) is 0 Å². The topological polar surface area (TPSA) is 38.3 Å². The Morgan fingerprint density at radius 2 is 1.59 bits per heavy atom. The Kier molecular flexibility index (Phi) is 5.45. The number of anilines is 1. The molecule has 0 radical (unpaired) electrons. The van der Waals surface area contributed by atoms with Gasteiger partial charge in [0.2, 0.25) is 0 Å². The quantitative estimate of drug-likeness (QED) is 0.640. The van der Waals surface area contributed by atoms with Gasteiger partial charge in [0.05, 0.1) is 5.56 Å². The molecule has 0 aliphatic rings. The van der Waals surface area contributed by atoms with Crippen LogP contribution in [0.5, 0.6) is 5.75 Å². The van der Waals surface area contributed by atoms with E-state index in [-0.39, 0.29) is 5.56 Å². The average molecular weight is 371 g/mol. The van der Waals surface area contributed by atoms with Crippen molar-refractivity contribution in [2.24, 2.45) is 0 Å². The molecule has 0 unspecified atom stereocenters. The van der Waals surface area contributed by atoms with E-state index in [1.807, 2.05) is 36.4 Å². The lowest BCUT2D eigenvalue weighted by molar-refractivity contribution is -0.137. The lowest BCUT2D eigenvalue weighted by atomic mass is 10.1. The number of alkyl halides is 3. The van der Waals surface area contributed by atoms with E-state index in [0.29, 0.717) is 12.3 Å².